The van der Waals surface area contributed by atoms with Crippen LogP contribution in [0.5, 0.6) is 11.5 Å². The summed E-state index contributed by atoms with van der Waals surface area (Å²) in [5.74, 6) is 2.25. The lowest BCUT2D eigenvalue weighted by Crippen LogP contribution is -2.30. The van der Waals surface area contributed by atoms with E-state index in [1.807, 2.05) is 37.5 Å². The number of benzene rings is 1. The summed E-state index contributed by atoms with van der Waals surface area (Å²) in [6, 6.07) is 10.4. The van der Waals surface area contributed by atoms with E-state index in [1.54, 1.807) is 28.4 Å². The molecule has 0 unspecified atom stereocenters. The first-order valence-corrected chi connectivity index (χ1v) is 11.3. The third kappa shape index (κ3) is 4.03. The summed E-state index contributed by atoms with van der Waals surface area (Å²) in [7, 11) is 1.90. The van der Waals surface area contributed by atoms with Crippen molar-refractivity contribution in [1.29, 1.82) is 0 Å². The molecule has 0 aliphatic heterocycles. The van der Waals surface area contributed by atoms with Crippen LogP contribution in [0.25, 0.3) is 21.5 Å². The number of nitrogens with one attached hydrogen (secondary N) is 1. The Morgan fingerprint density at radius 1 is 1.13 bits per heavy atom. The Bertz CT molecular complexity index is 1170. The van der Waals surface area contributed by atoms with E-state index in [0.29, 0.717) is 12.0 Å². The van der Waals surface area contributed by atoms with Crippen LogP contribution in [0.4, 0.5) is 5.13 Å². The van der Waals surface area contributed by atoms with E-state index in [4.69, 9.17) is 9.72 Å². The van der Waals surface area contributed by atoms with Crippen LogP contribution in [0.3, 0.4) is 0 Å². The quantitative estimate of drug-likeness (QED) is 0.438. The molecule has 6 nitrogen and oxygen atoms in total. The van der Waals surface area contributed by atoms with Crippen LogP contribution in [-0.2, 0) is 7.05 Å². The van der Waals surface area contributed by atoms with Gasteiger partial charge in [0.2, 0.25) is 0 Å². The Kier molecular flexibility index (Phi) is 5.12. The van der Waals surface area contributed by atoms with Gasteiger partial charge < -0.3 is 10.1 Å². The number of fused-ring (bicyclic) bond motifs is 1. The van der Waals surface area contributed by atoms with Gasteiger partial charge in [0.05, 0.1) is 22.1 Å². The minimum atomic E-state index is 0.526. The number of ether oxygens (including phenoxy) is 1. The third-order valence-corrected chi connectivity index (χ3v) is 6.70. The van der Waals surface area contributed by atoms with Gasteiger partial charge >= 0.3 is 0 Å². The molecule has 154 valence electrons. The average molecular weight is 420 g/mol. The largest absolute Gasteiger partial charge is 0.457 e. The van der Waals surface area contributed by atoms with E-state index in [1.165, 1.54) is 25.7 Å². The van der Waals surface area contributed by atoms with Gasteiger partial charge in [0.15, 0.2) is 5.13 Å². The number of hydrogen-bond acceptors (Lipinski definition) is 6. The Hall–Kier alpha value is -2.93. The highest BCUT2D eigenvalue weighted by atomic mass is 32.1. The molecule has 5 rings (SSSR count). The zero-order chi connectivity index (χ0) is 20.5. The molecule has 2 atom stereocenters. The summed E-state index contributed by atoms with van der Waals surface area (Å²) in [5, 5.41) is 8.88. The van der Waals surface area contributed by atoms with E-state index in [0.717, 1.165) is 38.1 Å². The Labute approximate surface area is 179 Å². The van der Waals surface area contributed by atoms with Gasteiger partial charge in [0.1, 0.15) is 11.5 Å². The van der Waals surface area contributed by atoms with Crippen molar-refractivity contribution < 1.29 is 4.74 Å². The Morgan fingerprint density at radius 2 is 2.00 bits per heavy atom. The van der Waals surface area contributed by atoms with Crippen molar-refractivity contribution in [3.8, 4) is 22.8 Å². The molecular weight excluding hydrogens is 394 g/mol. The van der Waals surface area contributed by atoms with Crippen LogP contribution in [-0.4, -0.2) is 25.8 Å². The van der Waals surface area contributed by atoms with Gasteiger partial charge in [-0.15, -0.1) is 0 Å². The maximum Gasteiger partial charge on any atom is 0.184 e. The predicted molar refractivity (Wildman–Crippen MR) is 121 cm³/mol. The van der Waals surface area contributed by atoms with Crippen LogP contribution in [0.2, 0.25) is 0 Å². The summed E-state index contributed by atoms with van der Waals surface area (Å²) in [6.07, 6.45) is 10.7. The lowest BCUT2D eigenvalue weighted by atomic mass is 9.86. The predicted octanol–water partition coefficient (Wildman–Crippen LogP) is 5.87. The SMILES string of the molecule is C[C@@H]1CCCC[C@H]1Nc1nc2ccc(Oc3ccnc(-c4cnn(C)c4)c3)cc2s1. The van der Waals surface area contributed by atoms with Gasteiger partial charge in [-0.3, -0.25) is 9.67 Å². The molecule has 0 amide bonds. The van der Waals surface area contributed by atoms with Crippen molar-refractivity contribution in [3.63, 3.8) is 0 Å². The maximum absolute atomic E-state index is 6.12. The fourth-order valence-electron chi connectivity index (χ4n) is 4.04. The standard InChI is InChI=1S/C23H25N5OS/c1-15-5-3-4-6-19(15)26-23-27-20-8-7-17(12-22(20)30-23)29-18-9-10-24-21(11-18)16-13-25-28(2)14-16/h7-15,19H,3-6H2,1-2H3,(H,26,27)/t15-,19-/m1/s1. The number of anilines is 1. The number of pyridine rings is 1. The number of aromatic nitrogens is 4. The first-order chi connectivity index (χ1) is 14.6. The van der Waals surface area contributed by atoms with Crippen molar-refractivity contribution in [2.24, 2.45) is 13.0 Å². The van der Waals surface area contributed by atoms with Gasteiger partial charge in [0.25, 0.3) is 0 Å². The molecule has 30 heavy (non-hydrogen) atoms. The zero-order valence-corrected chi connectivity index (χ0v) is 18.0. The summed E-state index contributed by atoms with van der Waals surface area (Å²) in [5.41, 5.74) is 2.81. The van der Waals surface area contributed by atoms with Crippen molar-refractivity contribution in [1.82, 2.24) is 19.7 Å². The van der Waals surface area contributed by atoms with E-state index in [9.17, 15) is 0 Å². The van der Waals surface area contributed by atoms with E-state index >= 15 is 0 Å². The van der Waals surface area contributed by atoms with E-state index in [2.05, 4.69) is 28.4 Å². The van der Waals surface area contributed by atoms with Gasteiger partial charge in [-0.05, 0) is 37.0 Å². The summed E-state index contributed by atoms with van der Waals surface area (Å²) < 4.78 is 9.01. The molecule has 1 aliphatic rings. The normalized spacial score (nSPS) is 19.1. The maximum atomic E-state index is 6.12. The zero-order valence-electron chi connectivity index (χ0n) is 17.2. The molecular formula is C23H25N5OS. The molecule has 4 aromatic rings. The first kappa shape index (κ1) is 19.1. The van der Waals surface area contributed by atoms with Crippen LogP contribution < -0.4 is 10.1 Å². The van der Waals surface area contributed by atoms with E-state index in [-0.39, 0.29) is 0 Å². The molecule has 1 N–H and O–H groups in total. The fourth-order valence-corrected chi connectivity index (χ4v) is 5.00. The average Bonchev–Trinajstić information content (AvgIpc) is 3.35. The highest BCUT2D eigenvalue weighted by molar-refractivity contribution is 7.22. The monoisotopic (exact) mass is 419 g/mol. The van der Waals surface area contributed by atoms with Gasteiger partial charge in [-0.2, -0.15) is 5.10 Å². The smallest absolute Gasteiger partial charge is 0.184 e. The number of rotatable bonds is 5. The summed E-state index contributed by atoms with van der Waals surface area (Å²) in [6.45, 7) is 2.34. The molecule has 3 heterocycles. The molecule has 0 radical (unpaired) electrons. The molecule has 1 aromatic carbocycles. The van der Waals surface area contributed by atoms with Crippen LogP contribution in [0.15, 0.2) is 48.9 Å². The number of nitrogens with zero attached hydrogens (tertiary/aromatic N) is 4. The highest BCUT2D eigenvalue weighted by Crippen LogP contribution is 2.34. The molecule has 7 heteroatoms. The Balaban J connectivity index is 1.34. The van der Waals surface area contributed by atoms with Gasteiger partial charge in [-0.25, -0.2) is 4.98 Å². The van der Waals surface area contributed by atoms with Crippen molar-refractivity contribution in [3.05, 3.63) is 48.9 Å². The molecule has 0 saturated heterocycles. The molecule has 0 bridgehead atoms. The van der Waals surface area contributed by atoms with Crippen LogP contribution in [0, 0.1) is 5.92 Å². The second kappa shape index (κ2) is 8.07. The number of thiazole rings is 1. The lowest BCUT2D eigenvalue weighted by molar-refractivity contribution is 0.349. The molecule has 1 fully saturated rings. The highest BCUT2D eigenvalue weighted by Gasteiger charge is 2.22. The van der Waals surface area contributed by atoms with Crippen molar-refractivity contribution in [2.45, 2.75) is 38.6 Å². The minimum Gasteiger partial charge on any atom is -0.457 e. The number of hydrogen-bond donors (Lipinski definition) is 1. The lowest BCUT2D eigenvalue weighted by Gasteiger charge is -2.29. The second-order valence-corrected chi connectivity index (χ2v) is 9.07. The molecule has 0 spiro atoms. The molecule has 1 saturated carbocycles. The van der Waals surface area contributed by atoms with Crippen LogP contribution >= 0.6 is 11.3 Å². The fraction of sp³-hybridized carbons (Fsp3) is 0.348. The second-order valence-electron chi connectivity index (χ2n) is 8.04. The van der Waals surface area contributed by atoms with Gasteiger partial charge in [0, 0.05) is 43.2 Å². The third-order valence-electron chi connectivity index (χ3n) is 5.75. The van der Waals surface area contributed by atoms with Crippen molar-refractivity contribution >= 4 is 26.7 Å². The summed E-state index contributed by atoms with van der Waals surface area (Å²) >= 11 is 1.69. The molecule has 3 aromatic heterocycles. The summed E-state index contributed by atoms with van der Waals surface area (Å²) in [4.78, 5) is 9.21. The molecule has 1 aliphatic carbocycles. The number of aryl methyl sites for hydroxylation is 1. The first-order valence-electron chi connectivity index (χ1n) is 10.4. The Morgan fingerprint density at radius 3 is 2.83 bits per heavy atom. The topological polar surface area (TPSA) is 64.9 Å². The van der Waals surface area contributed by atoms with Gasteiger partial charge in [-0.1, -0.05) is 31.1 Å². The van der Waals surface area contributed by atoms with E-state index < -0.39 is 0 Å². The van der Waals surface area contributed by atoms with Crippen molar-refractivity contribution in [2.75, 3.05) is 5.32 Å². The van der Waals surface area contributed by atoms with Crippen LogP contribution in [0.1, 0.15) is 32.6 Å². The minimum absolute atomic E-state index is 0.526.